The highest BCUT2D eigenvalue weighted by atomic mass is 32.1. The van der Waals surface area contributed by atoms with Gasteiger partial charge in [-0.25, -0.2) is 15.0 Å². The molecule has 4 aliphatic rings. The molecule has 340 valence electrons. The number of rotatable bonds is 11. The van der Waals surface area contributed by atoms with Crippen LogP contribution in [-0.2, 0) is 6.42 Å². The smallest absolute Gasteiger partial charge is 0.254 e. The van der Waals surface area contributed by atoms with E-state index in [1.807, 2.05) is 6.92 Å². The number of methoxy groups -OCH3 is 1. The molecule has 3 fully saturated rings. The first-order valence-corrected chi connectivity index (χ1v) is 23.4. The predicted molar refractivity (Wildman–Crippen MR) is 249 cm³/mol. The third-order valence-electron chi connectivity index (χ3n) is 14.5. The van der Waals surface area contributed by atoms with Crippen molar-refractivity contribution in [2.24, 2.45) is 21.2 Å². The number of piperidine rings is 1. The number of nitrogens with one attached hydrogen (secondary N) is 1. The minimum Gasteiger partial charge on any atom is -0.495 e. The van der Waals surface area contributed by atoms with Crippen molar-refractivity contribution in [3.05, 3.63) is 118 Å². The van der Waals surface area contributed by atoms with Crippen LogP contribution in [0, 0.1) is 48.3 Å². The van der Waals surface area contributed by atoms with Crippen molar-refractivity contribution in [2.45, 2.75) is 105 Å². The number of hydrogen-bond acceptors (Lipinski definition) is 14. The Morgan fingerprint density at radius 2 is 1.67 bits per heavy atom. The summed E-state index contributed by atoms with van der Waals surface area (Å²) in [4.78, 5) is 36.1. The molecule has 2 aromatic carbocycles. The Kier molecular flexibility index (Phi) is 10.7. The van der Waals surface area contributed by atoms with E-state index in [1.165, 1.54) is 17.6 Å². The van der Waals surface area contributed by atoms with Gasteiger partial charge >= 0.3 is 0 Å². The number of carbonyl (C=O) groups excluding carboxylic acids is 1. The van der Waals surface area contributed by atoms with Crippen LogP contribution in [0.1, 0.15) is 114 Å². The molecule has 66 heavy (non-hydrogen) atoms. The van der Waals surface area contributed by atoms with Gasteiger partial charge in [0.1, 0.15) is 52.6 Å². The van der Waals surface area contributed by atoms with Crippen LogP contribution in [0.3, 0.4) is 0 Å². The lowest BCUT2D eigenvalue weighted by atomic mass is 9.49. The number of benzene rings is 2. The molecular formula is C50H54N10O5S. The minimum absolute atomic E-state index is 0.157. The number of amides is 1. The van der Waals surface area contributed by atoms with Crippen molar-refractivity contribution >= 4 is 28.9 Å². The minimum atomic E-state index is -0.381. The number of nitrogens with zero attached hydrogens (tertiary/aromatic N) is 9. The lowest BCUT2D eigenvalue weighted by Crippen LogP contribution is -2.74. The summed E-state index contributed by atoms with van der Waals surface area (Å²) in [6, 6.07) is 15.2. The van der Waals surface area contributed by atoms with Crippen molar-refractivity contribution in [1.29, 1.82) is 5.26 Å². The van der Waals surface area contributed by atoms with E-state index >= 15 is 0 Å². The Hall–Kier alpha value is -6.60. The zero-order chi connectivity index (χ0) is 46.1. The third-order valence-corrected chi connectivity index (χ3v) is 15.7. The first-order valence-electron chi connectivity index (χ1n) is 22.6. The van der Waals surface area contributed by atoms with E-state index in [0.29, 0.717) is 40.9 Å². The second-order valence-corrected chi connectivity index (χ2v) is 20.7. The molecule has 6 heterocycles. The zero-order valence-corrected chi connectivity index (χ0v) is 39.4. The number of aromatic nitrogens is 6. The van der Waals surface area contributed by atoms with Crippen LogP contribution in [0.15, 0.2) is 76.7 Å². The van der Waals surface area contributed by atoms with Gasteiger partial charge in [0.2, 0.25) is 5.95 Å². The summed E-state index contributed by atoms with van der Waals surface area (Å²) in [5.74, 6) is 4.57. The molecule has 10 rings (SSSR count). The van der Waals surface area contributed by atoms with Crippen LogP contribution in [-0.4, -0.2) is 79.8 Å². The van der Waals surface area contributed by atoms with Crippen LogP contribution in [0.4, 0.5) is 5.95 Å². The van der Waals surface area contributed by atoms with Crippen LogP contribution in [0.5, 0.6) is 17.2 Å². The average Bonchev–Trinajstić information content (AvgIpc) is 4.02. The molecule has 0 bridgehead atoms. The number of thiophene rings is 1. The lowest BCUT2D eigenvalue weighted by Gasteiger charge is -2.63. The van der Waals surface area contributed by atoms with E-state index in [4.69, 9.17) is 23.6 Å². The molecule has 1 spiro atoms. The van der Waals surface area contributed by atoms with Crippen LogP contribution >= 0.6 is 11.3 Å². The second-order valence-electron chi connectivity index (χ2n) is 19.5. The van der Waals surface area contributed by atoms with Gasteiger partial charge in [-0.2, -0.15) is 5.26 Å². The van der Waals surface area contributed by atoms with Gasteiger partial charge in [0.15, 0.2) is 11.7 Å². The van der Waals surface area contributed by atoms with Crippen molar-refractivity contribution in [2.75, 3.05) is 25.1 Å². The van der Waals surface area contributed by atoms with Crippen molar-refractivity contribution < 1.29 is 23.4 Å². The fraction of sp³-hybridized carbons (Fsp3) is 0.440. The number of nitriles is 1. The normalized spacial score (nSPS) is 21.3. The first-order chi connectivity index (χ1) is 31.7. The Bertz CT molecular complexity index is 2840. The molecule has 15 nitrogen and oxygen atoms in total. The number of aryl methyl sites for hydroxylation is 2. The van der Waals surface area contributed by atoms with Gasteiger partial charge < -0.3 is 28.8 Å². The number of anilines is 1. The largest absolute Gasteiger partial charge is 0.495 e. The molecule has 6 aromatic rings. The number of ether oxygens (including phenoxy) is 3. The molecule has 2 aliphatic carbocycles. The molecule has 2 aliphatic heterocycles. The molecule has 1 N–H and O–H groups in total. The predicted octanol–water partition coefficient (Wildman–Crippen LogP) is 8.49. The summed E-state index contributed by atoms with van der Waals surface area (Å²) >= 11 is 1.74. The van der Waals surface area contributed by atoms with Gasteiger partial charge in [0, 0.05) is 64.4 Å². The van der Waals surface area contributed by atoms with E-state index in [9.17, 15) is 10.1 Å². The van der Waals surface area contributed by atoms with Crippen LogP contribution in [0.2, 0.25) is 0 Å². The lowest BCUT2D eigenvalue weighted by molar-refractivity contribution is -0.164. The van der Waals surface area contributed by atoms with Gasteiger partial charge in [0.25, 0.3) is 5.91 Å². The first kappa shape index (κ1) is 43.3. The van der Waals surface area contributed by atoms with Crippen molar-refractivity contribution in [3.8, 4) is 28.3 Å². The van der Waals surface area contributed by atoms with E-state index in [2.05, 4.69) is 112 Å². The Morgan fingerprint density at radius 3 is 2.33 bits per heavy atom. The maximum atomic E-state index is 13.6. The summed E-state index contributed by atoms with van der Waals surface area (Å²) in [6.07, 6.45) is 11.0. The number of fused-ring (bicyclic) bond motifs is 3. The summed E-state index contributed by atoms with van der Waals surface area (Å²) in [6.45, 7) is 16.4. The SMILES string of the molecule is COc1cc(OC2C(C)(C)C(NC(=O)c3cnc(N4CCC5(CC4)CC(Oc4ccc(C6=N[C@@H](Cc7ncco7)c7nnc(C)n7-c7sc(C)c(C)c76)cc4)C5)nc3)C2(C)C)ccc1C#N. The summed E-state index contributed by atoms with van der Waals surface area (Å²) in [7, 11) is 1.53. The van der Waals surface area contributed by atoms with Gasteiger partial charge in [-0.1, -0.05) is 27.7 Å². The van der Waals surface area contributed by atoms with E-state index in [0.717, 1.165) is 78.0 Å². The van der Waals surface area contributed by atoms with Crippen molar-refractivity contribution in [3.63, 3.8) is 0 Å². The molecular weight excluding hydrogens is 853 g/mol. The van der Waals surface area contributed by atoms with Crippen molar-refractivity contribution in [1.82, 2.24) is 35.0 Å². The maximum absolute atomic E-state index is 13.6. The molecule has 4 aromatic heterocycles. The zero-order valence-electron chi connectivity index (χ0n) is 38.6. The number of oxazole rings is 1. The number of hydrogen-bond donors (Lipinski definition) is 1. The molecule has 1 atom stereocenters. The number of carbonyl (C=O) groups is 1. The van der Waals surface area contributed by atoms with Gasteiger partial charge in [-0.3, -0.25) is 14.4 Å². The third kappa shape index (κ3) is 7.46. The maximum Gasteiger partial charge on any atom is 0.254 e. The Morgan fingerprint density at radius 1 is 0.955 bits per heavy atom. The standard InChI is InChI=1S/C50H54N10O5S/c1-28-29(2)66-44-40(28)41(55-37(22-39-52-17-20-63-39)42-58-57-30(3)60(42)44)31-9-12-34(13-10-31)64-36-23-50(24-36)15-18-59(19-16-50)47-53-26-33(27-54-47)43(61)56-45-48(4,5)46(49(45,6)7)65-35-14-11-32(25-51)38(21-35)62-8/h9-14,17,20-21,26-27,36-37,45-46H,15-16,18-19,22-24H2,1-8H3,(H,56,61)/t37-,45?,46?/m0/s1. The van der Waals surface area contributed by atoms with Gasteiger partial charge in [0.05, 0.1) is 42.7 Å². The highest BCUT2D eigenvalue weighted by Gasteiger charge is 2.64. The topological polar surface area (TPSA) is 179 Å². The average molecular weight is 907 g/mol. The molecule has 0 radical (unpaired) electrons. The highest BCUT2D eigenvalue weighted by molar-refractivity contribution is 7.15. The summed E-state index contributed by atoms with van der Waals surface area (Å²) in [5, 5.41) is 22.8. The molecule has 16 heteroatoms. The number of aliphatic imine (C=N–C) groups is 1. The van der Waals surface area contributed by atoms with Gasteiger partial charge in [-0.15, -0.1) is 21.5 Å². The highest BCUT2D eigenvalue weighted by Crippen LogP contribution is 2.56. The Labute approximate surface area is 388 Å². The quantitative estimate of drug-likeness (QED) is 0.131. The van der Waals surface area contributed by atoms with E-state index in [1.54, 1.807) is 54.4 Å². The molecule has 2 saturated carbocycles. The molecule has 1 saturated heterocycles. The fourth-order valence-electron chi connectivity index (χ4n) is 11.1. The van der Waals surface area contributed by atoms with E-state index in [-0.39, 0.29) is 46.4 Å². The van der Waals surface area contributed by atoms with Crippen LogP contribution < -0.4 is 24.4 Å². The molecule has 1 amide bonds. The Balaban J connectivity index is 0.736. The van der Waals surface area contributed by atoms with Crippen LogP contribution in [0.25, 0.3) is 5.00 Å². The second kappa shape index (κ2) is 16.4. The summed E-state index contributed by atoms with van der Waals surface area (Å²) < 4.78 is 26.2. The fourth-order valence-corrected chi connectivity index (χ4v) is 12.3. The monoisotopic (exact) mass is 906 g/mol. The van der Waals surface area contributed by atoms with E-state index < -0.39 is 0 Å². The summed E-state index contributed by atoms with van der Waals surface area (Å²) in [5.41, 5.74) is 4.58. The molecule has 0 unspecified atom stereocenters. The van der Waals surface area contributed by atoms with Gasteiger partial charge in [-0.05, 0) is 93.8 Å².